The molecule has 176 valence electrons. The summed E-state index contributed by atoms with van der Waals surface area (Å²) in [6.45, 7) is 4.93. The van der Waals surface area contributed by atoms with E-state index in [4.69, 9.17) is 9.47 Å². The Labute approximate surface area is 194 Å². The molecule has 1 saturated heterocycles. The van der Waals surface area contributed by atoms with E-state index in [0.717, 1.165) is 17.2 Å². The number of nitrogens with zero attached hydrogens (tertiary/aromatic N) is 3. The van der Waals surface area contributed by atoms with E-state index < -0.39 is 10.0 Å². The highest BCUT2D eigenvalue weighted by Gasteiger charge is 2.31. The summed E-state index contributed by atoms with van der Waals surface area (Å²) in [5.74, 6) is 1.33. The lowest BCUT2D eigenvalue weighted by molar-refractivity contribution is -0.108. The van der Waals surface area contributed by atoms with Crippen LogP contribution < -0.4 is 9.47 Å². The molecule has 0 radical (unpaired) electrons. The Morgan fingerprint density at radius 1 is 1.12 bits per heavy atom. The Balaban J connectivity index is 1.52. The number of methoxy groups -OCH3 is 1. The monoisotopic (exact) mass is 471 g/mol. The van der Waals surface area contributed by atoms with Crippen LogP contribution in [0.25, 0.3) is 11.0 Å². The zero-order chi connectivity index (χ0) is 23.6. The van der Waals surface area contributed by atoms with E-state index in [1.165, 1.54) is 0 Å². The van der Waals surface area contributed by atoms with Crippen molar-refractivity contribution in [3.63, 3.8) is 0 Å². The predicted molar refractivity (Wildman–Crippen MR) is 125 cm³/mol. The number of hydrogen-bond acceptors (Lipinski definition) is 6. The lowest BCUT2D eigenvalue weighted by atomic mass is 9.90. The fourth-order valence-electron chi connectivity index (χ4n) is 4.35. The molecule has 0 atom stereocenters. The molecule has 8 nitrogen and oxygen atoms in total. The first kappa shape index (κ1) is 23.3. The van der Waals surface area contributed by atoms with Crippen LogP contribution in [0.1, 0.15) is 38.2 Å². The van der Waals surface area contributed by atoms with Gasteiger partial charge in [-0.1, -0.05) is 0 Å². The Hall–Kier alpha value is -2.91. The fraction of sp³-hybridized carbons (Fsp3) is 0.417. The number of aromatic nitrogens is 2. The molecule has 4 rings (SSSR count). The molecule has 0 aliphatic carbocycles. The van der Waals surface area contributed by atoms with E-state index in [9.17, 15) is 13.2 Å². The normalized spacial score (nSPS) is 15.8. The first-order chi connectivity index (χ1) is 15.8. The third-order valence-electron chi connectivity index (χ3n) is 5.93. The highest BCUT2D eigenvalue weighted by molar-refractivity contribution is 7.89. The number of rotatable bonds is 8. The molecule has 3 aromatic rings. The number of carbonyl (C=O) groups is 1. The Morgan fingerprint density at radius 2 is 1.82 bits per heavy atom. The van der Waals surface area contributed by atoms with E-state index in [0.29, 0.717) is 43.2 Å². The van der Waals surface area contributed by atoms with Gasteiger partial charge >= 0.3 is 0 Å². The molecule has 9 heteroatoms. The highest BCUT2D eigenvalue weighted by atomic mass is 32.2. The van der Waals surface area contributed by atoms with Gasteiger partial charge in [0.05, 0.1) is 24.7 Å². The molecule has 2 aromatic heterocycles. The molecule has 0 unspecified atom stereocenters. The van der Waals surface area contributed by atoms with E-state index in [1.807, 2.05) is 36.7 Å². The summed E-state index contributed by atoms with van der Waals surface area (Å²) < 4.78 is 40.5. The number of pyridine rings is 1. The Morgan fingerprint density at radius 3 is 2.42 bits per heavy atom. The van der Waals surface area contributed by atoms with Crippen LogP contribution in [-0.4, -0.2) is 54.9 Å². The SMILES string of the molecule is COc1ccc2c(C3CCN(S(=O)(=O)c4ccc(OC(C)C)cc4)CC3)cn(CC=O)c2n1. The number of benzene rings is 1. The summed E-state index contributed by atoms with van der Waals surface area (Å²) in [5, 5.41) is 0.972. The summed E-state index contributed by atoms with van der Waals surface area (Å²) >= 11 is 0. The first-order valence-corrected chi connectivity index (χ1v) is 12.5. The van der Waals surface area contributed by atoms with Crippen LogP contribution in [-0.2, 0) is 21.4 Å². The van der Waals surface area contributed by atoms with Gasteiger partial charge in [0.1, 0.15) is 17.7 Å². The van der Waals surface area contributed by atoms with Gasteiger partial charge in [-0.3, -0.25) is 0 Å². The van der Waals surface area contributed by atoms with Crippen LogP contribution in [0.15, 0.2) is 47.5 Å². The van der Waals surface area contributed by atoms with E-state index in [1.54, 1.807) is 35.7 Å². The molecular formula is C24H29N3O5S. The van der Waals surface area contributed by atoms with E-state index in [2.05, 4.69) is 4.98 Å². The van der Waals surface area contributed by atoms with Crippen LogP contribution in [0.4, 0.5) is 0 Å². The maximum absolute atomic E-state index is 13.2. The summed E-state index contributed by atoms with van der Waals surface area (Å²) in [5.41, 5.74) is 1.80. The van der Waals surface area contributed by atoms with Gasteiger partial charge in [-0.15, -0.1) is 0 Å². The van der Waals surface area contributed by atoms with Gasteiger partial charge in [0.15, 0.2) is 0 Å². The summed E-state index contributed by atoms with van der Waals surface area (Å²) in [4.78, 5) is 15.9. The zero-order valence-corrected chi connectivity index (χ0v) is 19.9. The molecular weight excluding hydrogens is 442 g/mol. The van der Waals surface area contributed by atoms with Crippen LogP contribution in [0.5, 0.6) is 11.6 Å². The van der Waals surface area contributed by atoms with Gasteiger partial charge < -0.3 is 18.8 Å². The third-order valence-corrected chi connectivity index (χ3v) is 7.85. The third kappa shape index (κ3) is 4.74. The van der Waals surface area contributed by atoms with Gasteiger partial charge in [-0.25, -0.2) is 8.42 Å². The number of fused-ring (bicyclic) bond motifs is 1. The van der Waals surface area contributed by atoms with Gasteiger partial charge in [-0.05, 0) is 68.5 Å². The highest BCUT2D eigenvalue weighted by Crippen LogP contribution is 2.36. The summed E-state index contributed by atoms with van der Waals surface area (Å²) in [6.07, 6.45) is 4.23. The molecule has 3 heterocycles. The lowest BCUT2D eigenvalue weighted by Crippen LogP contribution is -2.37. The molecule has 33 heavy (non-hydrogen) atoms. The first-order valence-electron chi connectivity index (χ1n) is 11.1. The summed E-state index contributed by atoms with van der Waals surface area (Å²) in [7, 11) is -2.01. The van der Waals surface area contributed by atoms with Gasteiger partial charge in [-0.2, -0.15) is 9.29 Å². The van der Waals surface area contributed by atoms with Gasteiger partial charge in [0, 0.05) is 30.7 Å². The maximum atomic E-state index is 13.2. The van der Waals surface area contributed by atoms with Crippen molar-refractivity contribution in [3.05, 3.63) is 48.2 Å². The van der Waals surface area contributed by atoms with E-state index >= 15 is 0 Å². The average Bonchev–Trinajstić information content (AvgIpc) is 3.17. The van der Waals surface area contributed by atoms with Crippen molar-refractivity contribution in [1.29, 1.82) is 0 Å². The number of hydrogen-bond donors (Lipinski definition) is 0. The topological polar surface area (TPSA) is 90.7 Å². The van der Waals surface area contributed by atoms with Crippen molar-refractivity contribution >= 4 is 27.3 Å². The van der Waals surface area contributed by atoms with Crippen molar-refractivity contribution in [2.24, 2.45) is 0 Å². The quantitative estimate of drug-likeness (QED) is 0.466. The second kappa shape index (κ2) is 9.52. The smallest absolute Gasteiger partial charge is 0.243 e. The number of carbonyl (C=O) groups excluding carboxylic acids is 1. The molecule has 0 N–H and O–H groups in total. The molecule has 0 saturated carbocycles. The molecule has 1 aromatic carbocycles. The minimum atomic E-state index is -3.57. The Kier molecular flexibility index (Phi) is 6.71. The molecule has 0 amide bonds. The number of ether oxygens (including phenoxy) is 2. The number of aldehydes is 1. The van der Waals surface area contributed by atoms with Gasteiger partial charge in [0.25, 0.3) is 0 Å². The summed E-state index contributed by atoms with van der Waals surface area (Å²) in [6, 6.07) is 10.4. The van der Waals surface area contributed by atoms with Crippen LogP contribution in [0.3, 0.4) is 0 Å². The van der Waals surface area contributed by atoms with Crippen molar-refractivity contribution < 1.29 is 22.7 Å². The average molecular weight is 472 g/mol. The van der Waals surface area contributed by atoms with E-state index in [-0.39, 0.29) is 23.5 Å². The van der Waals surface area contributed by atoms with Crippen LogP contribution >= 0.6 is 0 Å². The fourth-order valence-corrected chi connectivity index (χ4v) is 5.82. The van der Waals surface area contributed by atoms with Crippen molar-refractivity contribution in [1.82, 2.24) is 13.9 Å². The lowest BCUT2D eigenvalue weighted by Gasteiger charge is -2.31. The minimum absolute atomic E-state index is 0.0280. The van der Waals surface area contributed by atoms with Crippen molar-refractivity contribution in [2.45, 2.75) is 50.2 Å². The van der Waals surface area contributed by atoms with Crippen LogP contribution in [0, 0.1) is 0 Å². The molecule has 1 fully saturated rings. The predicted octanol–water partition coefficient (Wildman–Crippen LogP) is 3.60. The standard InChI is InChI=1S/C24H29N3O5S/c1-17(2)32-19-4-6-20(7-5-19)33(29,30)27-12-10-18(11-13-27)22-16-26(14-15-28)24-21(22)8-9-23(25-24)31-3/h4-9,15-18H,10-14H2,1-3H3. The second-order valence-electron chi connectivity index (χ2n) is 8.44. The van der Waals surface area contributed by atoms with Crippen molar-refractivity contribution in [2.75, 3.05) is 20.2 Å². The van der Waals surface area contributed by atoms with Crippen LogP contribution in [0.2, 0.25) is 0 Å². The van der Waals surface area contributed by atoms with Gasteiger partial charge in [0.2, 0.25) is 15.9 Å². The molecule has 1 aliphatic heterocycles. The molecule has 0 spiro atoms. The molecule has 0 bridgehead atoms. The number of piperidine rings is 1. The number of sulfonamides is 1. The van der Waals surface area contributed by atoms with Crippen molar-refractivity contribution in [3.8, 4) is 11.6 Å². The minimum Gasteiger partial charge on any atom is -0.491 e. The second-order valence-corrected chi connectivity index (χ2v) is 10.4. The molecule has 1 aliphatic rings. The largest absolute Gasteiger partial charge is 0.491 e. The zero-order valence-electron chi connectivity index (χ0n) is 19.1. The maximum Gasteiger partial charge on any atom is 0.243 e. The Bertz CT molecular complexity index is 1230.